The molecule has 1 aromatic rings. The highest BCUT2D eigenvalue weighted by molar-refractivity contribution is 6.51. The van der Waals surface area contributed by atoms with Gasteiger partial charge in [0, 0.05) is 0 Å². The van der Waals surface area contributed by atoms with Crippen molar-refractivity contribution in [1.82, 2.24) is 0 Å². The highest BCUT2D eigenvalue weighted by atomic mass is 35.5. The van der Waals surface area contributed by atoms with Crippen LogP contribution in [0.15, 0.2) is 12.1 Å². The molecule has 0 fully saturated rings. The van der Waals surface area contributed by atoms with E-state index in [1.807, 2.05) is 0 Å². The molecule has 0 nitrogen and oxygen atoms in total. The molecule has 0 saturated heterocycles. The third kappa shape index (κ3) is 4.27. The lowest BCUT2D eigenvalue weighted by molar-refractivity contribution is 1.11. The van der Waals surface area contributed by atoms with Crippen LogP contribution >= 0.6 is 46.4 Å². The average Bonchev–Trinajstić information content (AvgIpc) is 1.93. The van der Waals surface area contributed by atoms with Crippen molar-refractivity contribution in [3.8, 4) is 0 Å². The number of halogens is 7. The van der Waals surface area contributed by atoms with Crippen LogP contribution in [-0.2, 0) is 0 Å². The van der Waals surface area contributed by atoms with Crippen molar-refractivity contribution in [2.24, 2.45) is 0 Å². The molecule has 0 amide bonds. The number of hydrogen-bond donors (Lipinski definition) is 0. The zero-order chi connectivity index (χ0) is 7.72. The van der Waals surface area contributed by atoms with E-state index in [0.717, 1.165) is 0 Å². The fourth-order valence-corrected chi connectivity index (χ4v) is 1.24. The lowest BCUT2D eigenvalue weighted by Crippen LogP contribution is -1.71. The smallest absolute Gasteiger partial charge is 0.0793 e. The molecular formula is C6H5Cl4F3. The lowest BCUT2D eigenvalue weighted by Gasteiger charge is -1.98. The molecule has 0 saturated carbocycles. The molecule has 0 atom stereocenters. The van der Waals surface area contributed by atoms with E-state index in [1.54, 1.807) is 12.1 Å². The standard InChI is InChI=1S/C6H2Cl4.3FH/c7-3-1-2-4(8)6(10)5(3)9;;;/h1-2H;3*1H. The van der Waals surface area contributed by atoms with E-state index in [0.29, 0.717) is 20.1 Å². The van der Waals surface area contributed by atoms with Gasteiger partial charge in [0.2, 0.25) is 0 Å². The van der Waals surface area contributed by atoms with Gasteiger partial charge in [-0.25, -0.2) is 0 Å². The number of benzene rings is 1. The minimum Gasteiger partial charge on any atom is -0.269 e. The molecule has 7 heteroatoms. The zero-order valence-corrected chi connectivity index (χ0v) is 8.92. The van der Waals surface area contributed by atoms with Crippen LogP contribution in [0.4, 0.5) is 14.1 Å². The van der Waals surface area contributed by atoms with Crippen molar-refractivity contribution >= 4 is 46.4 Å². The molecule has 0 unspecified atom stereocenters. The van der Waals surface area contributed by atoms with E-state index in [2.05, 4.69) is 0 Å². The summed E-state index contributed by atoms with van der Waals surface area (Å²) in [6.45, 7) is 0. The molecule has 0 aliphatic rings. The monoisotopic (exact) mass is 274 g/mol. The highest BCUT2D eigenvalue weighted by Crippen LogP contribution is 2.34. The second kappa shape index (κ2) is 7.56. The van der Waals surface area contributed by atoms with Crippen LogP contribution in [0.3, 0.4) is 0 Å². The molecule has 0 N–H and O–H groups in total. The van der Waals surface area contributed by atoms with Crippen LogP contribution in [0.2, 0.25) is 20.1 Å². The molecule has 0 spiro atoms. The van der Waals surface area contributed by atoms with Gasteiger partial charge in [0.05, 0.1) is 20.1 Å². The van der Waals surface area contributed by atoms with Gasteiger partial charge in [-0.1, -0.05) is 46.4 Å². The molecule has 0 bridgehead atoms. The number of rotatable bonds is 0. The fraction of sp³-hybridized carbons (Fsp3) is 0. The predicted octanol–water partition coefficient (Wildman–Crippen LogP) is 4.76. The molecule has 0 aliphatic carbocycles. The zero-order valence-electron chi connectivity index (χ0n) is 5.89. The maximum absolute atomic E-state index is 5.63. The van der Waals surface area contributed by atoms with E-state index in [9.17, 15) is 0 Å². The normalized spacial score (nSPS) is 7.69. The van der Waals surface area contributed by atoms with Crippen molar-refractivity contribution in [2.75, 3.05) is 0 Å². The molecule has 0 radical (unpaired) electrons. The van der Waals surface area contributed by atoms with E-state index >= 15 is 0 Å². The molecule has 0 aromatic heterocycles. The van der Waals surface area contributed by atoms with Crippen molar-refractivity contribution in [1.29, 1.82) is 0 Å². The Morgan fingerprint density at radius 1 is 0.615 bits per heavy atom. The van der Waals surface area contributed by atoms with Gasteiger partial charge in [-0.15, -0.1) is 0 Å². The van der Waals surface area contributed by atoms with Crippen molar-refractivity contribution in [3.05, 3.63) is 32.2 Å². The largest absolute Gasteiger partial charge is 0.269 e. The average molecular weight is 276 g/mol. The Bertz CT molecular complexity index is 239. The Morgan fingerprint density at radius 3 is 1.08 bits per heavy atom. The van der Waals surface area contributed by atoms with Gasteiger partial charge in [-0.2, -0.15) is 0 Å². The third-order valence-corrected chi connectivity index (χ3v) is 2.69. The summed E-state index contributed by atoms with van der Waals surface area (Å²) in [5, 5.41) is 1.43. The van der Waals surface area contributed by atoms with Gasteiger partial charge in [0.15, 0.2) is 0 Å². The van der Waals surface area contributed by atoms with Gasteiger partial charge < -0.3 is 0 Å². The Kier molecular flexibility index (Phi) is 11.0. The summed E-state index contributed by atoms with van der Waals surface area (Å²) in [5.41, 5.74) is 0. The Morgan fingerprint density at radius 2 is 0.846 bits per heavy atom. The highest BCUT2D eigenvalue weighted by Gasteiger charge is 2.05. The Labute approximate surface area is 92.8 Å². The quantitative estimate of drug-likeness (QED) is 0.473. The third-order valence-electron chi connectivity index (χ3n) is 0.988. The summed E-state index contributed by atoms with van der Waals surface area (Å²) in [5.74, 6) is 0. The lowest BCUT2D eigenvalue weighted by atomic mass is 10.4. The maximum Gasteiger partial charge on any atom is 0.0793 e. The van der Waals surface area contributed by atoms with E-state index in [1.165, 1.54) is 0 Å². The van der Waals surface area contributed by atoms with Crippen molar-refractivity contribution in [3.63, 3.8) is 0 Å². The molecule has 0 heterocycles. The first kappa shape index (κ1) is 18.9. The molecule has 78 valence electrons. The van der Waals surface area contributed by atoms with E-state index in [-0.39, 0.29) is 14.1 Å². The first-order valence-electron chi connectivity index (χ1n) is 2.42. The number of hydrogen-bond acceptors (Lipinski definition) is 0. The molecule has 1 rings (SSSR count). The van der Waals surface area contributed by atoms with Crippen LogP contribution in [-0.4, -0.2) is 0 Å². The van der Waals surface area contributed by atoms with Crippen LogP contribution in [0.1, 0.15) is 0 Å². The van der Waals surface area contributed by atoms with E-state index < -0.39 is 0 Å². The van der Waals surface area contributed by atoms with Crippen LogP contribution in [0.5, 0.6) is 0 Å². The summed E-state index contributed by atoms with van der Waals surface area (Å²) < 4.78 is 0. The van der Waals surface area contributed by atoms with Crippen LogP contribution < -0.4 is 0 Å². The Hall–Kier alpha value is 0.170. The predicted molar refractivity (Wildman–Crippen MR) is 54.0 cm³/mol. The second-order valence-electron chi connectivity index (χ2n) is 1.66. The van der Waals surface area contributed by atoms with Crippen molar-refractivity contribution in [2.45, 2.75) is 0 Å². The summed E-state index contributed by atoms with van der Waals surface area (Å²) in [7, 11) is 0. The van der Waals surface area contributed by atoms with Gasteiger partial charge in [-0.05, 0) is 12.1 Å². The first-order chi connectivity index (χ1) is 4.63. The SMILES string of the molecule is Clc1ccc(Cl)c(Cl)c1Cl.F.F.F. The van der Waals surface area contributed by atoms with E-state index in [4.69, 9.17) is 46.4 Å². The summed E-state index contributed by atoms with van der Waals surface area (Å²) in [6, 6.07) is 3.19. The topological polar surface area (TPSA) is 0 Å². The van der Waals surface area contributed by atoms with Gasteiger partial charge in [-0.3, -0.25) is 14.1 Å². The summed E-state index contributed by atoms with van der Waals surface area (Å²) in [4.78, 5) is 0. The molecule has 1 aromatic carbocycles. The Balaban J connectivity index is -0.000000333. The van der Waals surface area contributed by atoms with Crippen LogP contribution in [0.25, 0.3) is 0 Å². The van der Waals surface area contributed by atoms with Crippen molar-refractivity contribution < 1.29 is 14.1 Å². The van der Waals surface area contributed by atoms with Gasteiger partial charge >= 0.3 is 0 Å². The maximum atomic E-state index is 5.63. The van der Waals surface area contributed by atoms with Gasteiger partial charge in [0.25, 0.3) is 0 Å². The first-order valence-corrected chi connectivity index (χ1v) is 3.93. The second-order valence-corrected chi connectivity index (χ2v) is 3.23. The molecular weight excluding hydrogens is 271 g/mol. The van der Waals surface area contributed by atoms with Gasteiger partial charge in [0.1, 0.15) is 0 Å². The summed E-state index contributed by atoms with van der Waals surface area (Å²) >= 11 is 22.5. The minimum atomic E-state index is 0. The molecule has 0 aliphatic heterocycles. The van der Waals surface area contributed by atoms with Crippen LogP contribution in [0, 0.1) is 0 Å². The minimum absolute atomic E-state index is 0. The fourth-order valence-electron chi connectivity index (χ4n) is 0.502. The summed E-state index contributed by atoms with van der Waals surface area (Å²) in [6.07, 6.45) is 0. The molecule has 13 heavy (non-hydrogen) atoms.